The molecule has 1 N–H and O–H groups in total. The molecule has 0 spiro atoms. The molecule has 20 heavy (non-hydrogen) atoms. The minimum absolute atomic E-state index is 0.0816. The first-order valence-corrected chi connectivity index (χ1v) is 8.13. The van der Waals surface area contributed by atoms with E-state index in [0.29, 0.717) is 9.50 Å². The number of nitrogens with one attached hydrogen (secondary N) is 1. The van der Waals surface area contributed by atoms with E-state index in [9.17, 15) is 4.39 Å². The van der Waals surface area contributed by atoms with Gasteiger partial charge in [-0.1, -0.05) is 36.7 Å². The third-order valence-corrected chi connectivity index (χ3v) is 4.90. The molecule has 106 valence electrons. The largest absolute Gasteiger partial charge is 0.306 e. The molecule has 1 nitrogen and oxygen atoms in total. The van der Waals surface area contributed by atoms with Gasteiger partial charge in [0, 0.05) is 4.47 Å². The van der Waals surface area contributed by atoms with E-state index in [0.717, 1.165) is 22.1 Å². The first-order chi connectivity index (χ1) is 9.54. The van der Waals surface area contributed by atoms with Crippen LogP contribution >= 0.6 is 43.5 Å². The van der Waals surface area contributed by atoms with Crippen molar-refractivity contribution in [1.29, 1.82) is 0 Å². The topological polar surface area (TPSA) is 12.0 Å². The lowest BCUT2D eigenvalue weighted by atomic mass is 9.98. The predicted molar refractivity (Wildman–Crippen MR) is 88.8 cm³/mol. The second kappa shape index (κ2) is 7.03. The average Bonchev–Trinajstić information content (AvgIpc) is 2.43. The molecule has 1 atom stereocenters. The summed E-state index contributed by atoms with van der Waals surface area (Å²) in [7, 11) is 0. The highest BCUT2D eigenvalue weighted by molar-refractivity contribution is 9.10. The molecule has 0 amide bonds. The third kappa shape index (κ3) is 3.42. The molecule has 0 saturated carbocycles. The lowest BCUT2D eigenvalue weighted by molar-refractivity contribution is 0.608. The van der Waals surface area contributed by atoms with E-state index in [2.05, 4.69) is 37.2 Å². The van der Waals surface area contributed by atoms with Gasteiger partial charge in [0.15, 0.2) is 0 Å². The average molecular weight is 422 g/mol. The minimum Gasteiger partial charge on any atom is -0.306 e. The Bertz CT molecular complexity index is 619. The summed E-state index contributed by atoms with van der Waals surface area (Å²) in [5.41, 5.74) is 1.92. The zero-order valence-corrected chi connectivity index (χ0v) is 14.7. The van der Waals surface area contributed by atoms with Crippen molar-refractivity contribution in [2.75, 3.05) is 6.54 Å². The van der Waals surface area contributed by atoms with Gasteiger partial charge in [-0.2, -0.15) is 0 Å². The highest BCUT2D eigenvalue weighted by atomic mass is 79.9. The first kappa shape index (κ1) is 16.0. The molecule has 0 heterocycles. The van der Waals surface area contributed by atoms with E-state index in [1.807, 2.05) is 25.1 Å². The quantitative estimate of drug-likeness (QED) is 0.667. The van der Waals surface area contributed by atoms with Crippen LogP contribution < -0.4 is 5.32 Å². The molecule has 2 rings (SSSR count). The molecular formula is C15H13Br2ClFN. The maximum atomic E-state index is 13.4. The maximum Gasteiger partial charge on any atom is 0.137 e. The van der Waals surface area contributed by atoms with Gasteiger partial charge in [0.05, 0.1) is 15.5 Å². The summed E-state index contributed by atoms with van der Waals surface area (Å²) in [6.45, 7) is 2.81. The van der Waals surface area contributed by atoms with E-state index < -0.39 is 0 Å². The van der Waals surface area contributed by atoms with E-state index in [1.54, 1.807) is 12.1 Å². The van der Waals surface area contributed by atoms with E-state index >= 15 is 0 Å². The Labute approximate surface area is 139 Å². The van der Waals surface area contributed by atoms with Crippen LogP contribution in [0.1, 0.15) is 24.1 Å². The van der Waals surface area contributed by atoms with Gasteiger partial charge in [-0.15, -0.1) is 0 Å². The number of rotatable bonds is 4. The molecule has 5 heteroatoms. The van der Waals surface area contributed by atoms with Crippen LogP contribution in [0.25, 0.3) is 0 Å². The molecule has 0 bridgehead atoms. The van der Waals surface area contributed by atoms with Crippen LogP contribution in [0.15, 0.2) is 45.3 Å². The Hall–Kier alpha value is -0.420. The first-order valence-electron chi connectivity index (χ1n) is 6.16. The summed E-state index contributed by atoms with van der Waals surface area (Å²) in [6.07, 6.45) is 0. The Morgan fingerprint density at radius 1 is 1.20 bits per heavy atom. The Kier molecular flexibility index (Phi) is 5.61. The van der Waals surface area contributed by atoms with Crippen LogP contribution in [-0.4, -0.2) is 6.54 Å². The Balaban J connectivity index is 2.50. The summed E-state index contributed by atoms with van der Waals surface area (Å²) in [4.78, 5) is 0. The van der Waals surface area contributed by atoms with Crippen molar-refractivity contribution in [3.05, 3.63) is 67.3 Å². The van der Waals surface area contributed by atoms with Gasteiger partial charge in [0.2, 0.25) is 0 Å². The molecule has 0 saturated heterocycles. The Morgan fingerprint density at radius 2 is 1.95 bits per heavy atom. The molecule has 0 aliphatic carbocycles. The lowest BCUT2D eigenvalue weighted by Crippen LogP contribution is -2.22. The summed E-state index contributed by atoms with van der Waals surface area (Å²) >= 11 is 13.0. The van der Waals surface area contributed by atoms with Gasteiger partial charge in [-0.25, -0.2) is 4.39 Å². The van der Waals surface area contributed by atoms with Crippen LogP contribution in [0.3, 0.4) is 0 Å². The van der Waals surface area contributed by atoms with E-state index in [1.165, 1.54) is 6.07 Å². The van der Waals surface area contributed by atoms with E-state index in [4.69, 9.17) is 11.6 Å². The standard InChI is InChI=1S/C15H13Br2ClFN/c1-2-20-15(9-6-7-13(19)12(17)8-9)10-4-3-5-11(16)14(10)18/h3-8,15,20H,2H2,1H3. The molecule has 0 aliphatic rings. The third-order valence-electron chi connectivity index (χ3n) is 2.98. The van der Waals surface area contributed by atoms with Crippen molar-refractivity contribution in [3.8, 4) is 0 Å². The normalized spacial score (nSPS) is 12.4. The summed E-state index contributed by atoms with van der Waals surface area (Å²) in [5, 5.41) is 4.05. The predicted octanol–water partition coefficient (Wildman–Crippen LogP) is 5.70. The van der Waals surface area contributed by atoms with Gasteiger partial charge < -0.3 is 5.32 Å². The molecular weight excluding hydrogens is 408 g/mol. The van der Waals surface area contributed by atoms with Crippen molar-refractivity contribution < 1.29 is 4.39 Å². The van der Waals surface area contributed by atoms with Crippen LogP contribution in [0, 0.1) is 5.82 Å². The SMILES string of the molecule is CCNC(c1ccc(F)c(Br)c1)c1cccc(Br)c1Cl. The van der Waals surface area contributed by atoms with Gasteiger partial charge in [-0.05, 0) is 67.7 Å². The maximum absolute atomic E-state index is 13.4. The van der Waals surface area contributed by atoms with E-state index in [-0.39, 0.29) is 11.9 Å². The van der Waals surface area contributed by atoms with Crippen molar-refractivity contribution in [2.45, 2.75) is 13.0 Å². The zero-order valence-electron chi connectivity index (χ0n) is 10.8. The van der Waals surface area contributed by atoms with Crippen LogP contribution in [0.2, 0.25) is 5.02 Å². The van der Waals surface area contributed by atoms with Crippen LogP contribution in [0.4, 0.5) is 4.39 Å². The number of hydrogen-bond donors (Lipinski definition) is 1. The molecule has 0 fully saturated rings. The fraction of sp³-hybridized carbons (Fsp3) is 0.200. The monoisotopic (exact) mass is 419 g/mol. The van der Waals surface area contributed by atoms with Crippen molar-refractivity contribution >= 4 is 43.5 Å². The fourth-order valence-corrected chi connectivity index (χ4v) is 3.06. The highest BCUT2D eigenvalue weighted by Gasteiger charge is 2.18. The van der Waals surface area contributed by atoms with Gasteiger partial charge in [-0.3, -0.25) is 0 Å². The highest BCUT2D eigenvalue weighted by Crippen LogP contribution is 2.34. The van der Waals surface area contributed by atoms with Crippen molar-refractivity contribution in [2.24, 2.45) is 0 Å². The van der Waals surface area contributed by atoms with Crippen LogP contribution in [0.5, 0.6) is 0 Å². The number of benzene rings is 2. The van der Waals surface area contributed by atoms with Gasteiger partial charge >= 0.3 is 0 Å². The molecule has 1 unspecified atom stereocenters. The summed E-state index contributed by atoms with van der Waals surface area (Å²) < 4.78 is 14.7. The smallest absolute Gasteiger partial charge is 0.137 e. The minimum atomic E-state index is -0.274. The van der Waals surface area contributed by atoms with Crippen molar-refractivity contribution in [1.82, 2.24) is 5.32 Å². The Morgan fingerprint density at radius 3 is 2.60 bits per heavy atom. The zero-order chi connectivity index (χ0) is 14.7. The molecule has 2 aromatic carbocycles. The van der Waals surface area contributed by atoms with Gasteiger partial charge in [0.25, 0.3) is 0 Å². The van der Waals surface area contributed by atoms with Gasteiger partial charge in [0.1, 0.15) is 5.82 Å². The molecule has 0 radical (unpaired) electrons. The van der Waals surface area contributed by atoms with Crippen LogP contribution in [-0.2, 0) is 0 Å². The van der Waals surface area contributed by atoms with Crippen molar-refractivity contribution in [3.63, 3.8) is 0 Å². The molecule has 0 aliphatic heterocycles. The molecule has 0 aromatic heterocycles. The summed E-state index contributed by atoms with van der Waals surface area (Å²) in [5.74, 6) is -0.274. The second-order valence-corrected chi connectivity index (χ2v) is 6.39. The molecule has 2 aromatic rings. The number of halogens is 4. The number of hydrogen-bond acceptors (Lipinski definition) is 1. The second-order valence-electron chi connectivity index (χ2n) is 4.31. The summed E-state index contributed by atoms with van der Waals surface area (Å²) in [6, 6.07) is 10.7. The lowest BCUT2D eigenvalue weighted by Gasteiger charge is -2.21. The fourth-order valence-electron chi connectivity index (χ4n) is 2.05.